The quantitative estimate of drug-likeness (QED) is 0.384. The van der Waals surface area contributed by atoms with Crippen LogP contribution < -0.4 is 4.74 Å². The first kappa shape index (κ1) is 21.4. The number of aromatic nitrogens is 3. The lowest BCUT2D eigenvalue weighted by Crippen LogP contribution is -2.60. The van der Waals surface area contributed by atoms with Gasteiger partial charge < -0.3 is 29.9 Å². The third-order valence-electron chi connectivity index (χ3n) is 5.41. The molecule has 1 fully saturated rings. The number of aliphatic hydroxyl groups is 4. The number of H-pyrrole nitrogens is 1. The van der Waals surface area contributed by atoms with Crippen LogP contribution >= 0.6 is 0 Å². The fourth-order valence-corrected chi connectivity index (χ4v) is 3.54. The minimum atomic E-state index is -1.52. The Morgan fingerprint density at radius 3 is 2.48 bits per heavy atom. The van der Waals surface area contributed by atoms with Crippen LogP contribution in [0, 0.1) is 6.92 Å². The molecule has 5 atom stereocenters. The molecule has 4 rings (SSSR count). The highest BCUT2D eigenvalue weighted by molar-refractivity contribution is 5.59. The Kier molecular flexibility index (Phi) is 6.30. The summed E-state index contributed by atoms with van der Waals surface area (Å²) < 4.78 is 11.1. The molecule has 31 heavy (non-hydrogen) atoms. The topological polar surface area (TPSA) is 141 Å². The summed E-state index contributed by atoms with van der Waals surface area (Å²) >= 11 is 0. The molecule has 1 aliphatic heterocycles. The van der Waals surface area contributed by atoms with Gasteiger partial charge in [0, 0.05) is 29.4 Å². The molecule has 5 N–H and O–H groups in total. The Labute approximate surface area is 178 Å². The first-order valence-corrected chi connectivity index (χ1v) is 9.99. The summed E-state index contributed by atoms with van der Waals surface area (Å²) in [6, 6.07) is 13.7. The van der Waals surface area contributed by atoms with Gasteiger partial charge in [-0.05, 0) is 24.6 Å². The number of nitrogens with zero attached hydrogens (tertiary/aromatic N) is 2. The molecule has 164 valence electrons. The van der Waals surface area contributed by atoms with Gasteiger partial charge in [0.25, 0.3) is 0 Å². The van der Waals surface area contributed by atoms with Gasteiger partial charge in [-0.2, -0.15) is 0 Å². The molecule has 0 aliphatic carbocycles. The summed E-state index contributed by atoms with van der Waals surface area (Å²) in [4.78, 5) is 4.35. The number of ether oxygens (including phenoxy) is 2. The fraction of sp³-hybridized carbons (Fsp3) is 0.364. The molecule has 0 spiro atoms. The van der Waals surface area contributed by atoms with Crippen molar-refractivity contribution in [3.63, 3.8) is 0 Å². The van der Waals surface area contributed by atoms with E-state index in [9.17, 15) is 20.4 Å². The normalized spacial score (nSPS) is 26.0. The standard InChI is InChI=1S/C22H25N3O6/c1-12-15(10-13-5-7-14(8-6-13)16-4-2-3-9-23-16)21(25-24-12)31-22-20(29)19(28)18(27)17(11-26)30-22/h2-9,17-20,22,26-29H,10-11H2,1H3,(H,24,25)/t17-,18-,19+,20-,22?/m1/s1. The third-order valence-corrected chi connectivity index (χ3v) is 5.41. The maximum absolute atomic E-state index is 10.2. The van der Waals surface area contributed by atoms with Crippen molar-refractivity contribution in [2.24, 2.45) is 0 Å². The molecule has 1 aliphatic rings. The van der Waals surface area contributed by atoms with E-state index in [-0.39, 0.29) is 5.88 Å². The van der Waals surface area contributed by atoms with Crippen LogP contribution in [0.25, 0.3) is 11.3 Å². The molecule has 1 saturated heterocycles. The van der Waals surface area contributed by atoms with Crippen molar-refractivity contribution in [1.82, 2.24) is 15.2 Å². The average Bonchev–Trinajstić information content (AvgIpc) is 3.14. The van der Waals surface area contributed by atoms with Gasteiger partial charge in [0.15, 0.2) is 0 Å². The molecule has 0 saturated carbocycles. The lowest BCUT2D eigenvalue weighted by molar-refractivity contribution is -0.278. The van der Waals surface area contributed by atoms with Gasteiger partial charge in [0.1, 0.15) is 24.4 Å². The Bertz CT molecular complexity index is 992. The molecule has 9 nitrogen and oxygen atoms in total. The van der Waals surface area contributed by atoms with Crippen LogP contribution in [0.3, 0.4) is 0 Å². The van der Waals surface area contributed by atoms with Crippen LogP contribution in [0.2, 0.25) is 0 Å². The lowest BCUT2D eigenvalue weighted by atomic mass is 9.99. The van der Waals surface area contributed by atoms with Crippen LogP contribution in [0.15, 0.2) is 48.7 Å². The first-order chi connectivity index (χ1) is 15.0. The van der Waals surface area contributed by atoms with Gasteiger partial charge in [-0.1, -0.05) is 30.3 Å². The Hall–Kier alpha value is -2.82. The zero-order valence-electron chi connectivity index (χ0n) is 16.9. The summed E-state index contributed by atoms with van der Waals surface area (Å²) in [6.07, 6.45) is -4.54. The fourth-order valence-electron chi connectivity index (χ4n) is 3.54. The molecule has 0 bridgehead atoms. The van der Waals surface area contributed by atoms with Crippen LogP contribution in [0.1, 0.15) is 16.8 Å². The van der Waals surface area contributed by atoms with E-state index in [1.165, 1.54) is 0 Å². The van der Waals surface area contributed by atoms with E-state index in [0.29, 0.717) is 6.42 Å². The van der Waals surface area contributed by atoms with Gasteiger partial charge in [0.2, 0.25) is 12.2 Å². The molecule has 0 amide bonds. The van der Waals surface area contributed by atoms with Gasteiger partial charge in [-0.3, -0.25) is 10.1 Å². The SMILES string of the molecule is Cc1[nH]nc(OC2O[C@H](CO)[C@@H](O)[C@H](O)[C@H]2O)c1Cc1ccc(-c2ccccn2)cc1. The van der Waals surface area contributed by atoms with Gasteiger partial charge >= 0.3 is 0 Å². The summed E-state index contributed by atoms with van der Waals surface area (Å²) in [5.74, 6) is 0.218. The van der Waals surface area contributed by atoms with E-state index in [2.05, 4.69) is 15.2 Å². The van der Waals surface area contributed by atoms with Gasteiger partial charge in [-0.15, -0.1) is 5.10 Å². The van der Waals surface area contributed by atoms with E-state index >= 15 is 0 Å². The van der Waals surface area contributed by atoms with Gasteiger partial charge in [-0.25, -0.2) is 0 Å². The second-order valence-electron chi connectivity index (χ2n) is 7.54. The Morgan fingerprint density at radius 1 is 1.03 bits per heavy atom. The molecular weight excluding hydrogens is 402 g/mol. The molecule has 3 aromatic rings. The Morgan fingerprint density at radius 2 is 1.81 bits per heavy atom. The zero-order chi connectivity index (χ0) is 22.0. The van der Waals surface area contributed by atoms with Crippen LogP contribution in [-0.4, -0.2) is 72.9 Å². The second-order valence-corrected chi connectivity index (χ2v) is 7.54. The van der Waals surface area contributed by atoms with Crippen molar-refractivity contribution in [2.45, 2.75) is 44.1 Å². The summed E-state index contributed by atoms with van der Waals surface area (Å²) in [5, 5.41) is 46.5. The lowest BCUT2D eigenvalue weighted by Gasteiger charge is -2.39. The van der Waals surface area contributed by atoms with Gasteiger partial charge in [0.05, 0.1) is 12.3 Å². The number of hydrogen-bond acceptors (Lipinski definition) is 8. The number of rotatable bonds is 6. The number of aromatic amines is 1. The highest BCUT2D eigenvalue weighted by atomic mass is 16.7. The average molecular weight is 427 g/mol. The molecule has 1 unspecified atom stereocenters. The predicted octanol–water partition coefficient (Wildman–Crippen LogP) is 0.550. The zero-order valence-corrected chi connectivity index (χ0v) is 16.9. The third kappa shape index (κ3) is 4.46. The van der Waals surface area contributed by atoms with Crippen molar-refractivity contribution >= 4 is 0 Å². The number of nitrogens with one attached hydrogen (secondary N) is 1. The Balaban J connectivity index is 1.50. The summed E-state index contributed by atoms with van der Waals surface area (Å²) in [6.45, 7) is 1.32. The van der Waals surface area contributed by atoms with E-state index < -0.39 is 37.3 Å². The molecular formula is C22H25N3O6. The predicted molar refractivity (Wildman–Crippen MR) is 110 cm³/mol. The number of hydrogen-bond donors (Lipinski definition) is 5. The number of aryl methyl sites for hydroxylation is 1. The molecule has 9 heteroatoms. The van der Waals surface area contributed by atoms with E-state index in [1.807, 2.05) is 49.4 Å². The highest BCUT2D eigenvalue weighted by Crippen LogP contribution is 2.28. The first-order valence-electron chi connectivity index (χ1n) is 9.99. The molecule has 0 radical (unpaired) electrons. The minimum absolute atomic E-state index is 0.218. The smallest absolute Gasteiger partial charge is 0.238 e. The van der Waals surface area contributed by atoms with E-state index in [4.69, 9.17) is 9.47 Å². The second kappa shape index (κ2) is 9.13. The van der Waals surface area contributed by atoms with Crippen LogP contribution in [0.5, 0.6) is 5.88 Å². The van der Waals surface area contributed by atoms with Crippen LogP contribution in [-0.2, 0) is 11.2 Å². The van der Waals surface area contributed by atoms with E-state index in [1.54, 1.807) is 6.20 Å². The van der Waals surface area contributed by atoms with Crippen molar-refractivity contribution in [3.05, 3.63) is 65.5 Å². The van der Waals surface area contributed by atoms with E-state index in [0.717, 1.165) is 28.1 Å². The van der Waals surface area contributed by atoms with Crippen molar-refractivity contribution in [3.8, 4) is 17.1 Å². The number of aliphatic hydroxyl groups excluding tert-OH is 4. The monoisotopic (exact) mass is 427 g/mol. The van der Waals surface area contributed by atoms with Crippen molar-refractivity contribution < 1.29 is 29.9 Å². The molecule has 3 heterocycles. The molecule has 1 aromatic carbocycles. The maximum Gasteiger partial charge on any atom is 0.238 e. The number of benzene rings is 1. The summed E-state index contributed by atoms with van der Waals surface area (Å²) in [5.41, 5.74) is 4.46. The largest absolute Gasteiger partial charge is 0.443 e. The molecule has 2 aromatic heterocycles. The minimum Gasteiger partial charge on any atom is -0.443 e. The maximum atomic E-state index is 10.2. The van der Waals surface area contributed by atoms with Crippen molar-refractivity contribution in [1.29, 1.82) is 0 Å². The van der Waals surface area contributed by atoms with Crippen molar-refractivity contribution in [2.75, 3.05) is 6.61 Å². The highest BCUT2D eigenvalue weighted by Gasteiger charge is 2.45. The summed E-state index contributed by atoms with van der Waals surface area (Å²) in [7, 11) is 0. The number of pyridine rings is 1. The van der Waals surface area contributed by atoms with Crippen LogP contribution in [0.4, 0.5) is 0 Å².